The zero-order chi connectivity index (χ0) is 11.4. The number of carbonyl (C=O) groups is 1. The number of rotatable bonds is 5. The van der Waals surface area contributed by atoms with Gasteiger partial charge in [-0.1, -0.05) is 13.8 Å². The molecule has 1 aromatic rings. The molecule has 0 unspecified atom stereocenters. The van der Waals surface area contributed by atoms with Gasteiger partial charge in [-0.25, -0.2) is 4.79 Å². The van der Waals surface area contributed by atoms with E-state index in [2.05, 4.69) is 18.7 Å². The Morgan fingerprint density at radius 2 is 2.07 bits per heavy atom. The average molecular weight is 227 g/mol. The Morgan fingerprint density at radius 1 is 1.47 bits per heavy atom. The lowest BCUT2D eigenvalue weighted by molar-refractivity contribution is 0.0702. The lowest BCUT2D eigenvalue weighted by Crippen LogP contribution is -2.21. The summed E-state index contributed by atoms with van der Waals surface area (Å²) in [4.78, 5) is 14.7. The van der Waals surface area contributed by atoms with E-state index < -0.39 is 5.97 Å². The fourth-order valence-corrected chi connectivity index (χ4v) is 2.49. The minimum atomic E-state index is -0.825. The van der Waals surface area contributed by atoms with Crippen molar-refractivity contribution in [3.8, 4) is 0 Å². The van der Waals surface area contributed by atoms with Crippen molar-refractivity contribution in [3.05, 3.63) is 21.4 Å². The third kappa shape index (κ3) is 3.04. The molecule has 0 amide bonds. The zero-order valence-electron chi connectivity index (χ0n) is 9.41. The second kappa shape index (κ2) is 5.28. The highest BCUT2D eigenvalue weighted by atomic mass is 32.1. The first-order chi connectivity index (χ1) is 7.08. The van der Waals surface area contributed by atoms with Crippen molar-refractivity contribution in [1.29, 1.82) is 0 Å². The molecule has 0 aromatic carbocycles. The maximum atomic E-state index is 10.8. The molecule has 0 atom stereocenters. The first-order valence-electron chi connectivity index (χ1n) is 5.13. The molecule has 0 bridgehead atoms. The van der Waals surface area contributed by atoms with E-state index in [0.29, 0.717) is 4.88 Å². The molecule has 3 nitrogen and oxygen atoms in total. The highest BCUT2D eigenvalue weighted by Gasteiger charge is 2.12. The van der Waals surface area contributed by atoms with Crippen LogP contribution < -0.4 is 0 Å². The standard InChI is InChI=1S/C11H17NO2S/c1-4-12(5-2)7-10-8(3)6-9(15-10)11(13)14/h6H,4-5,7H2,1-3H3,(H,13,14). The summed E-state index contributed by atoms with van der Waals surface area (Å²) < 4.78 is 0. The predicted molar refractivity (Wildman–Crippen MR) is 62.6 cm³/mol. The van der Waals surface area contributed by atoms with Crippen LogP contribution in [-0.2, 0) is 6.54 Å². The van der Waals surface area contributed by atoms with Crippen molar-refractivity contribution in [2.75, 3.05) is 13.1 Å². The monoisotopic (exact) mass is 227 g/mol. The van der Waals surface area contributed by atoms with Gasteiger partial charge >= 0.3 is 5.97 Å². The molecule has 0 aliphatic rings. The van der Waals surface area contributed by atoms with Crippen molar-refractivity contribution in [2.24, 2.45) is 0 Å². The van der Waals surface area contributed by atoms with Crippen LogP contribution in [0.4, 0.5) is 0 Å². The minimum absolute atomic E-state index is 0.439. The van der Waals surface area contributed by atoms with Gasteiger partial charge in [0.25, 0.3) is 0 Å². The van der Waals surface area contributed by atoms with Crippen LogP contribution in [0.3, 0.4) is 0 Å². The van der Waals surface area contributed by atoms with Crippen molar-refractivity contribution >= 4 is 17.3 Å². The van der Waals surface area contributed by atoms with Crippen molar-refractivity contribution in [3.63, 3.8) is 0 Å². The number of nitrogens with zero attached hydrogens (tertiary/aromatic N) is 1. The fourth-order valence-electron chi connectivity index (χ4n) is 1.43. The van der Waals surface area contributed by atoms with Crippen LogP contribution in [0.5, 0.6) is 0 Å². The summed E-state index contributed by atoms with van der Waals surface area (Å²) in [7, 11) is 0. The number of aromatic carboxylic acids is 1. The number of thiophene rings is 1. The molecule has 0 saturated carbocycles. The molecule has 0 aliphatic heterocycles. The van der Waals surface area contributed by atoms with E-state index in [-0.39, 0.29) is 0 Å². The van der Waals surface area contributed by atoms with Crippen LogP contribution in [0.25, 0.3) is 0 Å². The molecule has 4 heteroatoms. The maximum absolute atomic E-state index is 10.8. The van der Waals surface area contributed by atoms with E-state index in [4.69, 9.17) is 5.11 Å². The SMILES string of the molecule is CCN(CC)Cc1sc(C(=O)O)cc1C. The summed E-state index contributed by atoms with van der Waals surface area (Å²) >= 11 is 1.39. The maximum Gasteiger partial charge on any atom is 0.345 e. The average Bonchev–Trinajstić information content (AvgIpc) is 2.56. The molecule has 1 N–H and O–H groups in total. The number of carboxylic acid groups (broad SMARTS) is 1. The summed E-state index contributed by atoms with van der Waals surface area (Å²) in [5.41, 5.74) is 1.09. The summed E-state index contributed by atoms with van der Waals surface area (Å²) in [6.07, 6.45) is 0. The molecule has 0 fully saturated rings. The van der Waals surface area contributed by atoms with Gasteiger partial charge in [0, 0.05) is 11.4 Å². The van der Waals surface area contributed by atoms with Gasteiger partial charge in [0.15, 0.2) is 0 Å². The normalized spacial score (nSPS) is 10.9. The van der Waals surface area contributed by atoms with Crippen LogP contribution >= 0.6 is 11.3 Å². The second-order valence-electron chi connectivity index (χ2n) is 3.48. The Kier molecular flexibility index (Phi) is 4.29. The van der Waals surface area contributed by atoms with Crippen molar-refractivity contribution < 1.29 is 9.90 Å². The summed E-state index contributed by atoms with van der Waals surface area (Å²) in [6, 6.07) is 1.76. The minimum Gasteiger partial charge on any atom is -0.477 e. The van der Waals surface area contributed by atoms with Crippen molar-refractivity contribution in [1.82, 2.24) is 4.90 Å². The third-order valence-corrected chi connectivity index (χ3v) is 3.70. The largest absolute Gasteiger partial charge is 0.477 e. The number of hydrogen-bond acceptors (Lipinski definition) is 3. The first-order valence-corrected chi connectivity index (χ1v) is 5.95. The molecule has 15 heavy (non-hydrogen) atoms. The van der Waals surface area contributed by atoms with Gasteiger partial charge in [-0.05, 0) is 31.6 Å². The molecule has 1 aromatic heterocycles. The van der Waals surface area contributed by atoms with E-state index >= 15 is 0 Å². The molecule has 1 heterocycles. The van der Waals surface area contributed by atoms with Gasteiger partial charge in [0.05, 0.1) is 0 Å². The highest BCUT2D eigenvalue weighted by molar-refractivity contribution is 7.14. The fraction of sp³-hybridized carbons (Fsp3) is 0.545. The highest BCUT2D eigenvalue weighted by Crippen LogP contribution is 2.23. The van der Waals surface area contributed by atoms with Gasteiger partial charge < -0.3 is 5.11 Å². The summed E-state index contributed by atoms with van der Waals surface area (Å²) in [6.45, 7) is 9.06. The Labute approximate surface area is 94.3 Å². The molecule has 0 aliphatic carbocycles. The molecule has 1 rings (SSSR count). The van der Waals surface area contributed by atoms with E-state index in [1.165, 1.54) is 11.3 Å². The summed E-state index contributed by atoms with van der Waals surface area (Å²) in [5, 5.41) is 8.87. The molecular weight excluding hydrogens is 210 g/mol. The lowest BCUT2D eigenvalue weighted by Gasteiger charge is -2.17. The van der Waals surface area contributed by atoms with Crippen LogP contribution in [0, 0.1) is 6.92 Å². The Morgan fingerprint density at radius 3 is 2.47 bits per heavy atom. The number of hydrogen-bond donors (Lipinski definition) is 1. The molecule has 0 radical (unpaired) electrons. The summed E-state index contributed by atoms with van der Waals surface area (Å²) in [5.74, 6) is -0.825. The van der Waals surface area contributed by atoms with Crippen LogP contribution in [0.2, 0.25) is 0 Å². The number of carboxylic acids is 1. The van der Waals surface area contributed by atoms with Gasteiger partial charge in [0.1, 0.15) is 4.88 Å². The predicted octanol–water partition coefficient (Wildman–Crippen LogP) is 2.60. The molecule has 84 valence electrons. The van der Waals surface area contributed by atoms with Crippen LogP contribution in [0.15, 0.2) is 6.07 Å². The molecule has 0 spiro atoms. The van der Waals surface area contributed by atoms with Gasteiger partial charge in [-0.3, -0.25) is 4.90 Å². The Bertz CT molecular complexity index is 342. The quantitative estimate of drug-likeness (QED) is 0.840. The zero-order valence-corrected chi connectivity index (χ0v) is 10.2. The smallest absolute Gasteiger partial charge is 0.345 e. The van der Waals surface area contributed by atoms with E-state index in [0.717, 1.165) is 30.1 Å². The van der Waals surface area contributed by atoms with Gasteiger partial charge in [-0.15, -0.1) is 11.3 Å². The van der Waals surface area contributed by atoms with Crippen LogP contribution in [-0.4, -0.2) is 29.1 Å². The Balaban J connectivity index is 2.81. The first kappa shape index (κ1) is 12.2. The van der Waals surface area contributed by atoms with Crippen LogP contribution in [0.1, 0.15) is 34.0 Å². The van der Waals surface area contributed by atoms with Crippen molar-refractivity contribution in [2.45, 2.75) is 27.3 Å². The van der Waals surface area contributed by atoms with E-state index in [9.17, 15) is 4.79 Å². The van der Waals surface area contributed by atoms with Gasteiger partial charge in [0.2, 0.25) is 0 Å². The van der Waals surface area contributed by atoms with Gasteiger partial charge in [-0.2, -0.15) is 0 Å². The molecular formula is C11H17NO2S. The van der Waals surface area contributed by atoms with E-state index in [1.807, 2.05) is 6.92 Å². The second-order valence-corrected chi connectivity index (χ2v) is 4.62. The third-order valence-electron chi connectivity index (χ3n) is 2.49. The number of aryl methyl sites for hydroxylation is 1. The Hall–Kier alpha value is -0.870. The van der Waals surface area contributed by atoms with E-state index in [1.54, 1.807) is 6.07 Å². The topological polar surface area (TPSA) is 40.5 Å². The lowest BCUT2D eigenvalue weighted by atomic mass is 10.2. The molecule has 0 saturated heterocycles.